The number of unbranched alkanes of at least 4 members (excludes halogenated alkanes) is 3. The van der Waals surface area contributed by atoms with Crippen LogP contribution in [0.3, 0.4) is 0 Å². The largest absolute Gasteiger partial charge is 0.355 e. The molecular formula is C34H52N6O6. The van der Waals surface area contributed by atoms with Gasteiger partial charge >= 0.3 is 6.03 Å². The van der Waals surface area contributed by atoms with Crippen molar-refractivity contribution in [2.45, 2.75) is 104 Å². The number of nitrogens with zero attached hydrogens (tertiary/aromatic N) is 1. The van der Waals surface area contributed by atoms with Gasteiger partial charge in [-0.05, 0) is 87.8 Å². The van der Waals surface area contributed by atoms with Gasteiger partial charge in [-0.15, -0.1) is 0 Å². The molecule has 1 aliphatic carbocycles. The summed E-state index contributed by atoms with van der Waals surface area (Å²) in [6.07, 6.45) is 6.86. The van der Waals surface area contributed by atoms with E-state index >= 15 is 0 Å². The van der Waals surface area contributed by atoms with Crippen LogP contribution in [0.4, 0.5) is 10.5 Å². The summed E-state index contributed by atoms with van der Waals surface area (Å²) in [6.45, 7) is 7.30. The van der Waals surface area contributed by atoms with E-state index in [1.807, 2.05) is 31.2 Å². The number of carbonyl (C=O) groups is 6. The molecule has 0 bridgehead atoms. The van der Waals surface area contributed by atoms with Crippen LogP contribution in [0.1, 0.15) is 97.0 Å². The molecule has 1 aromatic rings. The van der Waals surface area contributed by atoms with Crippen LogP contribution in [0.15, 0.2) is 24.3 Å². The molecule has 12 nitrogen and oxygen atoms in total. The van der Waals surface area contributed by atoms with Gasteiger partial charge in [-0.2, -0.15) is 0 Å². The maximum absolute atomic E-state index is 13.6. The minimum Gasteiger partial charge on any atom is -0.355 e. The summed E-state index contributed by atoms with van der Waals surface area (Å²) in [6, 6.07) is 6.14. The van der Waals surface area contributed by atoms with Crippen LogP contribution in [0.5, 0.6) is 0 Å². The van der Waals surface area contributed by atoms with E-state index in [9.17, 15) is 28.8 Å². The third-order valence-corrected chi connectivity index (χ3v) is 8.96. The number of anilines is 1. The Labute approximate surface area is 272 Å². The Bertz CT molecular complexity index is 1230. The van der Waals surface area contributed by atoms with Gasteiger partial charge in [0.2, 0.25) is 29.5 Å². The molecule has 1 heterocycles. The van der Waals surface area contributed by atoms with Crippen LogP contribution in [0, 0.1) is 17.3 Å². The molecule has 1 saturated heterocycles. The number of hydrogen-bond acceptors (Lipinski definition) is 6. The predicted molar refractivity (Wildman–Crippen MR) is 175 cm³/mol. The fourth-order valence-electron chi connectivity index (χ4n) is 6.01. The number of likely N-dealkylation sites (tertiary alicyclic amines) is 1. The maximum Gasteiger partial charge on any atom is 0.312 e. The summed E-state index contributed by atoms with van der Waals surface area (Å²) in [4.78, 5) is 77.0. The molecule has 12 heteroatoms. The Morgan fingerprint density at radius 2 is 1.61 bits per heavy atom. The lowest BCUT2D eigenvalue weighted by molar-refractivity contribution is -0.151. The topological polar surface area (TPSA) is 180 Å². The summed E-state index contributed by atoms with van der Waals surface area (Å²) >= 11 is 0. The second-order valence-corrected chi connectivity index (χ2v) is 13.0. The van der Waals surface area contributed by atoms with Crippen LogP contribution in [-0.4, -0.2) is 66.1 Å². The number of amides is 7. The minimum atomic E-state index is -1.23. The van der Waals surface area contributed by atoms with E-state index < -0.39 is 23.4 Å². The van der Waals surface area contributed by atoms with Crippen LogP contribution >= 0.6 is 0 Å². The molecule has 1 aliphatic heterocycles. The molecule has 0 spiro atoms. The second kappa shape index (κ2) is 17.7. The first kappa shape index (κ1) is 36.5. The van der Waals surface area contributed by atoms with Gasteiger partial charge in [0.15, 0.2) is 0 Å². The molecule has 0 aromatic heterocycles. The van der Waals surface area contributed by atoms with Crippen LogP contribution in [0.2, 0.25) is 0 Å². The lowest BCUT2D eigenvalue weighted by Gasteiger charge is -2.39. The average molecular weight is 641 g/mol. The number of carbonyl (C=O) groups excluding carboxylic acids is 6. The first-order valence-corrected chi connectivity index (χ1v) is 16.8. The van der Waals surface area contributed by atoms with E-state index in [0.29, 0.717) is 82.6 Å². The van der Waals surface area contributed by atoms with Crippen molar-refractivity contribution in [1.29, 1.82) is 0 Å². The molecule has 1 unspecified atom stereocenters. The molecule has 7 amide bonds. The molecule has 254 valence electrons. The van der Waals surface area contributed by atoms with Gasteiger partial charge in [-0.25, -0.2) is 4.79 Å². The third kappa shape index (κ3) is 10.3. The van der Waals surface area contributed by atoms with Crippen molar-refractivity contribution >= 4 is 41.3 Å². The zero-order chi connectivity index (χ0) is 33.7. The first-order valence-electron chi connectivity index (χ1n) is 16.8. The summed E-state index contributed by atoms with van der Waals surface area (Å²) in [5, 5.41) is 11.2. The zero-order valence-corrected chi connectivity index (χ0v) is 27.6. The minimum absolute atomic E-state index is 0.0902. The molecule has 1 saturated carbocycles. The summed E-state index contributed by atoms with van der Waals surface area (Å²) in [5.74, 6) is -1.09. The van der Waals surface area contributed by atoms with Gasteiger partial charge in [0, 0.05) is 37.7 Å². The average Bonchev–Trinajstić information content (AvgIpc) is 3.25. The Morgan fingerprint density at radius 1 is 0.935 bits per heavy atom. The van der Waals surface area contributed by atoms with Gasteiger partial charge in [0.1, 0.15) is 11.5 Å². The van der Waals surface area contributed by atoms with Crippen LogP contribution in [-0.2, 0) is 30.4 Å². The zero-order valence-electron chi connectivity index (χ0n) is 27.6. The SMILES string of the molecule is CCC1CC(=O)N(CCCCCNC(=O)C2(C(=O)N[C@@H](CCCCNC(N)=O)C(=O)Nc3ccc(CC(C)C)cc3)CCC2)C1=O. The van der Waals surface area contributed by atoms with Crippen molar-refractivity contribution in [3.63, 3.8) is 0 Å². The molecule has 2 fully saturated rings. The highest BCUT2D eigenvalue weighted by molar-refractivity contribution is 6.08. The molecule has 46 heavy (non-hydrogen) atoms. The van der Waals surface area contributed by atoms with Gasteiger partial charge in [-0.1, -0.05) is 39.3 Å². The monoisotopic (exact) mass is 640 g/mol. The maximum atomic E-state index is 13.6. The van der Waals surface area contributed by atoms with Gasteiger partial charge in [-0.3, -0.25) is 28.9 Å². The van der Waals surface area contributed by atoms with E-state index in [2.05, 4.69) is 35.1 Å². The lowest BCUT2D eigenvalue weighted by Crippen LogP contribution is -2.58. The molecule has 2 aliphatic rings. The van der Waals surface area contributed by atoms with Gasteiger partial charge in [0.25, 0.3) is 0 Å². The molecule has 0 radical (unpaired) electrons. The quantitative estimate of drug-likeness (QED) is 0.0878. The van der Waals surface area contributed by atoms with E-state index in [1.54, 1.807) is 0 Å². The Morgan fingerprint density at radius 3 is 2.20 bits per heavy atom. The van der Waals surface area contributed by atoms with Crippen LogP contribution < -0.4 is 27.0 Å². The summed E-state index contributed by atoms with van der Waals surface area (Å²) in [5.41, 5.74) is 5.69. The highest BCUT2D eigenvalue weighted by Crippen LogP contribution is 2.41. The highest BCUT2D eigenvalue weighted by Gasteiger charge is 2.51. The standard InChI is InChI=1S/C34H52N6O6/c1-4-25-22-28(41)40(30(25)43)20-9-5-7-18-36-31(44)34(16-10-17-34)32(45)39-27(11-6-8-19-37-33(35)46)29(42)38-26-14-12-24(13-15-26)21-23(2)3/h12-15,23,25,27H,4-11,16-22H2,1-3H3,(H,36,44)(H,38,42)(H,39,45)(H3,35,37,46)/t25?,27-/m0/s1. The van der Waals surface area contributed by atoms with E-state index in [1.165, 1.54) is 10.5 Å². The second-order valence-electron chi connectivity index (χ2n) is 13.0. The fraction of sp³-hybridized carbons (Fsp3) is 0.647. The Hall–Kier alpha value is -3.96. The Kier molecular flexibility index (Phi) is 14.0. The molecule has 3 rings (SSSR count). The normalized spacial score (nSPS) is 17.7. The van der Waals surface area contributed by atoms with Gasteiger partial charge < -0.3 is 27.0 Å². The van der Waals surface area contributed by atoms with E-state index in [4.69, 9.17) is 5.73 Å². The predicted octanol–water partition coefficient (Wildman–Crippen LogP) is 3.39. The van der Waals surface area contributed by atoms with Crippen LogP contribution in [0.25, 0.3) is 0 Å². The number of hydrogen-bond donors (Lipinski definition) is 5. The van der Waals surface area contributed by atoms with Crippen molar-refractivity contribution in [1.82, 2.24) is 20.9 Å². The number of imide groups is 1. The fourth-order valence-corrected chi connectivity index (χ4v) is 6.01. The van der Waals surface area contributed by atoms with Crippen molar-refractivity contribution in [3.05, 3.63) is 29.8 Å². The third-order valence-electron chi connectivity index (χ3n) is 8.96. The van der Waals surface area contributed by atoms with Gasteiger partial charge in [0.05, 0.1) is 0 Å². The molecule has 1 aromatic carbocycles. The highest BCUT2D eigenvalue weighted by atomic mass is 16.2. The van der Waals surface area contributed by atoms with E-state index in [-0.39, 0.29) is 36.0 Å². The summed E-state index contributed by atoms with van der Waals surface area (Å²) in [7, 11) is 0. The number of benzene rings is 1. The van der Waals surface area contributed by atoms with E-state index in [0.717, 1.165) is 19.3 Å². The number of rotatable bonds is 19. The number of nitrogens with two attached hydrogens (primary N) is 1. The van der Waals surface area contributed by atoms with Crippen molar-refractivity contribution in [3.8, 4) is 0 Å². The molecular weight excluding hydrogens is 588 g/mol. The van der Waals surface area contributed by atoms with Crippen molar-refractivity contribution < 1.29 is 28.8 Å². The van der Waals surface area contributed by atoms with Crippen molar-refractivity contribution in [2.24, 2.45) is 23.0 Å². The molecule has 2 atom stereocenters. The first-order chi connectivity index (χ1) is 22.0. The number of primary amides is 1. The molecule has 6 N–H and O–H groups in total. The number of nitrogens with one attached hydrogen (secondary N) is 4. The smallest absolute Gasteiger partial charge is 0.312 e. The lowest BCUT2D eigenvalue weighted by atomic mass is 9.67. The summed E-state index contributed by atoms with van der Waals surface area (Å²) < 4.78 is 0. The Balaban J connectivity index is 1.53. The number of urea groups is 1. The van der Waals surface area contributed by atoms with Crippen molar-refractivity contribution in [2.75, 3.05) is 25.0 Å².